The summed E-state index contributed by atoms with van der Waals surface area (Å²) >= 11 is 0.958. The summed E-state index contributed by atoms with van der Waals surface area (Å²) in [5.74, 6) is -5.71. The van der Waals surface area contributed by atoms with Gasteiger partial charge in [-0.1, -0.05) is 6.92 Å². The Morgan fingerprint density at radius 2 is 2.06 bits per heavy atom. The summed E-state index contributed by atoms with van der Waals surface area (Å²) in [4.78, 5) is 30.3. The van der Waals surface area contributed by atoms with Crippen molar-refractivity contribution < 1.29 is 27.9 Å². The van der Waals surface area contributed by atoms with Gasteiger partial charge in [-0.15, -0.1) is 11.3 Å². The highest BCUT2D eigenvalue weighted by atomic mass is 32.1. The first-order valence-corrected chi connectivity index (χ1v) is 10.4. The van der Waals surface area contributed by atoms with Gasteiger partial charge in [0.1, 0.15) is 16.5 Å². The van der Waals surface area contributed by atoms with Gasteiger partial charge >= 0.3 is 5.97 Å². The molecule has 1 atom stereocenters. The number of nitrogens with zero attached hydrogens (tertiary/aromatic N) is 2. The van der Waals surface area contributed by atoms with Crippen LogP contribution < -0.4 is 10.2 Å². The molecule has 31 heavy (non-hydrogen) atoms. The van der Waals surface area contributed by atoms with Crippen LogP contribution in [0.15, 0.2) is 35.7 Å². The van der Waals surface area contributed by atoms with E-state index in [0.717, 1.165) is 11.3 Å². The minimum Gasteiger partial charge on any atom is -0.477 e. The maximum atomic E-state index is 14.0. The Morgan fingerprint density at radius 1 is 1.29 bits per heavy atom. The number of aromatic carboxylic acids is 1. The number of carbonyl (C=O) groups is 2. The molecule has 0 radical (unpaired) electrons. The molecule has 2 N–H and O–H groups in total. The van der Waals surface area contributed by atoms with Gasteiger partial charge in [0.05, 0.1) is 16.8 Å². The Labute approximate surface area is 179 Å². The van der Waals surface area contributed by atoms with Gasteiger partial charge in [0.15, 0.2) is 0 Å². The van der Waals surface area contributed by atoms with Crippen LogP contribution in [0.2, 0.25) is 0 Å². The van der Waals surface area contributed by atoms with Crippen LogP contribution in [0.3, 0.4) is 0 Å². The topological polar surface area (TPSA) is 82.5 Å². The molecule has 4 rings (SSSR count). The van der Waals surface area contributed by atoms with Crippen LogP contribution in [0, 0.1) is 11.7 Å². The third kappa shape index (κ3) is 4.20. The van der Waals surface area contributed by atoms with Crippen molar-refractivity contribution in [3.05, 3.63) is 52.0 Å². The summed E-state index contributed by atoms with van der Waals surface area (Å²) in [6.45, 7) is 1.47. The van der Waals surface area contributed by atoms with Crippen molar-refractivity contribution in [1.82, 2.24) is 4.98 Å². The van der Waals surface area contributed by atoms with Crippen LogP contribution in [0.25, 0.3) is 10.9 Å². The van der Waals surface area contributed by atoms with Crippen LogP contribution in [0.5, 0.6) is 0 Å². The number of hydrogen-bond donors (Lipinski definition) is 2. The smallest absolute Gasteiger partial charge is 0.345 e. The summed E-state index contributed by atoms with van der Waals surface area (Å²) < 4.78 is 41.7. The van der Waals surface area contributed by atoms with Gasteiger partial charge in [-0.05, 0) is 30.3 Å². The summed E-state index contributed by atoms with van der Waals surface area (Å²) in [6, 6.07) is 6.74. The molecule has 1 aliphatic heterocycles. The number of pyridine rings is 1. The number of carboxylic acids is 1. The number of thiophene rings is 1. The van der Waals surface area contributed by atoms with Crippen molar-refractivity contribution >= 4 is 45.6 Å². The predicted molar refractivity (Wildman–Crippen MR) is 112 cm³/mol. The van der Waals surface area contributed by atoms with Gasteiger partial charge in [0.2, 0.25) is 0 Å². The fourth-order valence-corrected chi connectivity index (χ4v) is 4.21. The second-order valence-electron chi connectivity index (χ2n) is 7.51. The molecule has 2 aromatic heterocycles. The number of benzene rings is 1. The fourth-order valence-electron chi connectivity index (χ4n) is 3.54. The van der Waals surface area contributed by atoms with Gasteiger partial charge in [-0.2, -0.15) is 0 Å². The largest absolute Gasteiger partial charge is 0.477 e. The Kier molecular flexibility index (Phi) is 5.34. The lowest BCUT2D eigenvalue weighted by Gasteiger charge is -2.38. The third-order valence-corrected chi connectivity index (χ3v) is 6.22. The molecule has 1 unspecified atom stereocenters. The summed E-state index contributed by atoms with van der Waals surface area (Å²) in [6.07, 6.45) is -0.370. The fraction of sp³-hybridized carbons (Fsp3) is 0.286. The van der Waals surface area contributed by atoms with E-state index in [1.165, 1.54) is 42.6 Å². The van der Waals surface area contributed by atoms with Crippen molar-refractivity contribution in [2.45, 2.75) is 19.3 Å². The molecule has 0 spiro atoms. The highest BCUT2D eigenvalue weighted by Gasteiger charge is 2.42. The molecule has 1 fully saturated rings. The number of carbonyl (C=O) groups excluding carboxylic acids is 1. The molecule has 10 heteroatoms. The van der Waals surface area contributed by atoms with E-state index in [1.54, 1.807) is 4.90 Å². The van der Waals surface area contributed by atoms with E-state index < -0.39 is 29.5 Å². The van der Waals surface area contributed by atoms with Gasteiger partial charge in [0.25, 0.3) is 11.8 Å². The van der Waals surface area contributed by atoms with E-state index in [4.69, 9.17) is 5.11 Å². The predicted octanol–water partition coefficient (Wildman–Crippen LogP) is 4.87. The maximum Gasteiger partial charge on any atom is 0.345 e. The lowest BCUT2D eigenvalue weighted by molar-refractivity contribution is -0.0652. The van der Waals surface area contributed by atoms with Gasteiger partial charge in [0, 0.05) is 36.2 Å². The molecule has 0 aliphatic carbocycles. The van der Waals surface area contributed by atoms with E-state index in [9.17, 15) is 22.8 Å². The quantitative estimate of drug-likeness (QED) is 0.594. The summed E-state index contributed by atoms with van der Waals surface area (Å²) in [7, 11) is 0. The Balaban J connectivity index is 1.73. The molecular formula is C21H18F3N3O3S. The van der Waals surface area contributed by atoms with Crippen LogP contribution in [-0.2, 0) is 0 Å². The number of anilines is 2. The molecule has 0 bridgehead atoms. The number of carboxylic acid groups (broad SMARTS) is 1. The monoisotopic (exact) mass is 449 g/mol. The molecule has 1 aliphatic rings. The molecule has 162 valence electrons. The molecule has 1 amide bonds. The minimum absolute atomic E-state index is 0.00853. The molecule has 6 nitrogen and oxygen atoms in total. The average molecular weight is 449 g/mol. The van der Waals surface area contributed by atoms with Gasteiger partial charge < -0.3 is 15.3 Å². The van der Waals surface area contributed by atoms with Crippen molar-refractivity contribution in [2.75, 3.05) is 23.3 Å². The first-order valence-electron chi connectivity index (χ1n) is 9.50. The SMILES string of the molecule is CC1CN(c2nc3ccc(F)cc3cc2C(=O)Nc2csc(C(=O)O)c2)CCC1(F)F. The van der Waals surface area contributed by atoms with Crippen molar-refractivity contribution in [2.24, 2.45) is 5.92 Å². The van der Waals surface area contributed by atoms with E-state index in [1.807, 2.05) is 0 Å². The lowest BCUT2D eigenvalue weighted by atomic mass is 9.95. The summed E-state index contributed by atoms with van der Waals surface area (Å²) in [5.41, 5.74) is 0.816. The average Bonchev–Trinajstić information content (AvgIpc) is 3.18. The first-order chi connectivity index (χ1) is 14.6. The molecular weight excluding hydrogens is 431 g/mol. The van der Waals surface area contributed by atoms with E-state index in [-0.39, 0.29) is 41.5 Å². The first kappa shape index (κ1) is 21.1. The standard InChI is InChI=1S/C21H18F3N3O3S/c1-11-9-27(5-4-21(11,23)24)18-15(7-12-6-13(22)2-3-16(12)26-18)19(28)25-14-8-17(20(29)30)31-10-14/h2-3,6-8,10-11H,4-5,9H2,1H3,(H,25,28)(H,29,30). The van der Waals surface area contributed by atoms with E-state index in [0.29, 0.717) is 10.9 Å². The molecule has 1 aromatic carbocycles. The third-order valence-electron chi connectivity index (χ3n) is 5.30. The Bertz CT molecular complexity index is 1180. The number of halogens is 3. The van der Waals surface area contributed by atoms with E-state index in [2.05, 4.69) is 10.3 Å². The van der Waals surface area contributed by atoms with Crippen LogP contribution in [-0.4, -0.2) is 41.0 Å². The molecule has 1 saturated heterocycles. The van der Waals surface area contributed by atoms with Gasteiger partial charge in [-0.3, -0.25) is 4.79 Å². The normalized spacial score (nSPS) is 18.2. The minimum atomic E-state index is -2.80. The lowest BCUT2D eigenvalue weighted by Crippen LogP contribution is -2.46. The number of amides is 1. The van der Waals surface area contributed by atoms with Crippen LogP contribution in [0.1, 0.15) is 33.4 Å². The van der Waals surface area contributed by atoms with Crippen LogP contribution >= 0.6 is 11.3 Å². The zero-order valence-electron chi connectivity index (χ0n) is 16.4. The number of alkyl halides is 2. The number of rotatable bonds is 4. The zero-order valence-corrected chi connectivity index (χ0v) is 17.2. The highest BCUT2D eigenvalue weighted by molar-refractivity contribution is 7.12. The van der Waals surface area contributed by atoms with Crippen LogP contribution in [0.4, 0.5) is 24.7 Å². The molecule has 3 heterocycles. The van der Waals surface area contributed by atoms with Gasteiger partial charge in [-0.25, -0.2) is 22.9 Å². The number of nitrogens with one attached hydrogen (secondary N) is 1. The number of piperidine rings is 1. The second-order valence-corrected chi connectivity index (χ2v) is 8.42. The number of hydrogen-bond acceptors (Lipinski definition) is 5. The molecule has 0 saturated carbocycles. The van der Waals surface area contributed by atoms with Crippen molar-refractivity contribution in [1.29, 1.82) is 0 Å². The highest BCUT2D eigenvalue weighted by Crippen LogP contribution is 2.36. The van der Waals surface area contributed by atoms with E-state index >= 15 is 0 Å². The van der Waals surface area contributed by atoms with Crippen molar-refractivity contribution in [3.63, 3.8) is 0 Å². The Morgan fingerprint density at radius 3 is 2.74 bits per heavy atom. The maximum absolute atomic E-state index is 14.0. The Hall–Kier alpha value is -3.14. The number of aromatic nitrogens is 1. The second kappa shape index (κ2) is 7.84. The molecule has 3 aromatic rings. The number of fused-ring (bicyclic) bond motifs is 1. The summed E-state index contributed by atoms with van der Waals surface area (Å²) in [5, 5.41) is 13.6. The zero-order chi connectivity index (χ0) is 22.3. The van der Waals surface area contributed by atoms with Crippen molar-refractivity contribution in [3.8, 4) is 0 Å².